The molecule has 2 aliphatic rings. The minimum atomic E-state index is -3.15. The van der Waals surface area contributed by atoms with Crippen molar-refractivity contribution in [2.45, 2.75) is 39.2 Å². The van der Waals surface area contributed by atoms with Gasteiger partial charge in [-0.3, -0.25) is 4.79 Å². The van der Waals surface area contributed by atoms with E-state index in [2.05, 4.69) is 13.0 Å². The molecule has 1 aliphatic carbocycles. The molecule has 0 radical (unpaired) electrons. The Morgan fingerprint density at radius 2 is 1.85 bits per heavy atom. The largest absolute Gasteiger partial charge is 0.497 e. The summed E-state index contributed by atoms with van der Waals surface area (Å²) in [6.07, 6.45) is 3.97. The van der Waals surface area contributed by atoms with Crippen molar-refractivity contribution in [1.29, 1.82) is 0 Å². The molecule has 0 unspecified atom stereocenters. The van der Waals surface area contributed by atoms with Gasteiger partial charge in [-0.15, -0.1) is 0 Å². The number of sulfone groups is 1. The zero-order valence-electron chi connectivity index (χ0n) is 23.1. The first-order valence-corrected chi connectivity index (χ1v) is 15.4. The molecule has 3 aromatic rings. The van der Waals surface area contributed by atoms with Gasteiger partial charge in [-0.05, 0) is 73.1 Å². The van der Waals surface area contributed by atoms with Gasteiger partial charge in [-0.1, -0.05) is 37.3 Å². The number of amides is 1. The third-order valence-corrected chi connectivity index (χ3v) is 9.47. The Morgan fingerprint density at radius 3 is 2.52 bits per heavy atom. The van der Waals surface area contributed by atoms with Crippen LogP contribution in [0.15, 0.2) is 48.5 Å². The van der Waals surface area contributed by atoms with Gasteiger partial charge < -0.3 is 14.4 Å². The number of para-hydroxylation sites is 1. The molecule has 8 nitrogen and oxygen atoms in total. The van der Waals surface area contributed by atoms with E-state index in [1.807, 2.05) is 48.5 Å². The predicted octanol–water partition coefficient (Wildman–Crippen LogP) is 4.56. The van der Waals surface area contributed by atoms with Crippen molar-refractivity contribution >= 4 is 44.3 Å². The zero-order valence-corrected chi connectivity index (χ0v) is 23.9. The smallest absolute Gasteiger partial charge is 0.339 e. The summed E-state index contributed by atoms with van der Waals surface area (Å²) >= 11 is 0. The Kier molecular flexibility index (Phi) is 7.94. The lowest BCUT2D eigenvalue weighted by atomic mass is 9.80. The number of rotatable bonds is 7. The highest BCUT2D eigenvalue weighted by molar-refractivity contribution is 7.91. The van der Waals surface area contributed by atoms with Crippen LogP contribution in [0.5, 0.6) is 5.75 Å². The molecule has 2 heterocycles. The highest BCUT2D eigenvalue weighted by Crippen LogP contribution is 2.39. The van der Waals surface area contributed by atoms with Crippen LogP contribution < -0.4 is 4.74 Å². The van der Waals surface area contributed by atoms with Gasteiger partial charge in [0.25, 0.3) is 5.91 Å². The number of esters is 1. The lowest BCUT2D eigenvalue weighted by Gasteiger charge is -2.28. The van der Waals surface area contributed by atoms with E-state index in [0.717, 1.165) is 34.6 Å². The van der Waals surface area contributed by atoms with Crippen LogP contribution >= 0.6 is 0 Å². The molecule has 2 atom stereocenters. The fraction of sp³-hybridized carbons (Fsp3) is 0.387. The zero-order chi connectivity index (χ0) is 28.4. The molecule has 2 aromatic carbocycles. The summed E-state index contributed by atoms with van der Waals surface area (Å²) in [5.41, 5.74) is 4.76. The molecule has 1 aromatic heterocycles. The Morgan fingerprint density at radius 1 is 1.10 bits per heavy atom. The van der Waals surface area contributed by atoms with Gasteiger partial charge in [0.2, 0.25) is 0 Å². The maximum absolute atomic E-state index is 13.7. The van der Waals surface area contributed by atoms with Crippen LogP contribution in [0, 0.1) is 5.92 Å². The van der Waals surface area contributed by atoms with Gasteiger partial charge in [-0.25, -0.2) is 18.2 Å². The number of allylic oxidation sites excluding steroid dienone is 1. The molecule has 40 heavy (non-hydrogen) atoms. The fourth-order valence-electron chi connectivity index (χ4n) is 5.81. The number of benzene rings is 2. The van der Waals surface area contributed by atoms with Crippen molar-refractivity contribution in [2.75, 3.05) is 31.8 Å². The Labute approximate surface area is 234 Å². The first-order chi connectivity index (χ1) is 19.2. The van der Waals surface area contributed by atoms with E-state index in [0.29, 0.717) is 35.9 Å². The Hall–Kier alpha value is -3.72. The van der Waals surface area contributed by atoms with Crippen LogP contribution in [0.1, 0.15) is 53.9 Å². The molecular formula is C31H34N2O6S. The van der Waals surface area contributed by atoms with Crippen molar-refractivity contribution in [3.63, 3.8) is 0 Å². The number of methoxy groups -OCH3 is 1. The average molecular weight is 563 g/mol. The van der Waals surface area contributed by atoms with E-state index in [-0.39, 0.29) is 23.5 Å². The van der Waals surface area contributed by atoms with E-state index >= 15 is 0 Å². The van der Waals surface area contributed by atoms with Gasteiger partial charge in [0.15, 0.2) is 16.4 Å². The summed E-state index contributed by atoms with van der Waals surface area (Å²) in [4.78, 5) is 33.2. The molecule has 1 aliphatic heterocycles. The van der Waals surface area contributed by atoms with Gasteiger partial charge in [0, 0.05) is 18.0 Å². The minimum absolute atomic E-state index is 0.0514. The van der Waals surface area contributed by atoms with E-state index < -0.39 is 28.3 Å². The van der Waals surface area contributed by atoms with Gasteiger partial charge in [-0.2, -0.15) is 0 Å². The molecular weight excluding hydrogens is 528 g/mol. The molecule has 0 N–H and O–H groups in total. The number of pyridine rings is 1. The van der Waals surface area contributed by atoms with Crippen molar-refractivity contribution in [3.8, 4) is 5.75 Å². The van der Waals surface area contributed by atoms with Gasteiger partial charge in [0.05, 0.1) is 35.4 Å². The monoisotopic (exact) mass is 562 g/mol. The summed E-state index contributed by atoms with van der Waals surface area (Å²) < 4.78 is 34.8. The summed E-state index contributed by atoms with van der Waals surface area (Å²) in [5.74, 6) is 0.104. The molecule has 0 spiro atoms. The van der Waals surface area contributed by atoms with E-state index in [9.17, 15) is 18.0 Å². The number of ether oxygens (including phenoxy) is 2. The van der Waals surface area contributed by atoms with Crippen LogP contribution in [-0.2, 0) is 25.8 Å². The number of hydrogen-bond donors (Lipinski definition) is 0. The topological polar surface area (TPSA) is 103 Å². The van der Waals surface area contributed by atoms with Crippen molar-refractivity contribution in [1.82, 2.24) is 9.88 Å². The molecule has 0 bridgehead atoms. The highest BCUT2D eigenvalue weighted by Gasteiger charge is 2.35. The van der Waals surface area contributed by atoms with Crippen LogP contribution in [-0.4, -0.2) is 68.0 Å². The quantitative estimate of drug-likeness (QED) is 0.389. The molecule has 0 saturated carbocycles. The normalized spacial score (nSPS) is 20.7. The second-order valence-electron chi connectivity index (χ2n) is 10.6. The number of nitrogens with zero attached hydrogens (tertiary/aromatic N) is 2. The molecule has 1 amide bonds. The lowest BCUT2D eigenvalue weighted by molar-refractivity contribution is -0.136. The van der Waals surface area contributed by atoms with E-state index in [1.54, 1.807) is 14.0 Å². The van der Waals surface area contributed by atoms with Crippen LogP contribution in [0.4, 0.5) is 0 Å². The van der Waals surface area contributed by atoms with E-state index in [1.165, 1.54) is 4.90 Å². The maximum Gasteiger partial charge on any atom is 0.339 e. The maximum atomic E-state index is 13.7. The molecule has 210 valence electrons. The molecule has 1 fully saturated rings. The van der Waals surface area contributed by atoms with Crippen molar-refractivity contribution < 1.29 is 27.5 Å². The second kappa shape index (κ2) is 11.4. The highest BCUT2D eigenvalue weighted by atomic mass is 32.2. The summed E-state index contributed by atoms with van der Waals surface area (Å²) in [6, 6.07) is 14.9. The van der Waals surface area contributed by atoms with Crippen LogP contribution in [0.3, 0.4) is 0 Å². The fourth-order valence-corrected chi connectivity index (χ4v) is 7.54. The minimum Gasteiger partial charge on any atom is -0.497 e. The third-order valence-electron chi connectivity index (χ3n) is 7.72. The van der Waals surface area contributed by atoms with Gasteiger partial charge in [0.1, 0.15) is 5.75 Å². The second-order valence-corrected chi connectivity index (χ2v) is 12.8. The lowest BCUT2D eigenvalue weighted by Crippen LogP contribution is -2.43. The Bertz CT molecular complexity index is 1580. The number of aromatic nitrogens is 1. The summed E-state index contributed by atoms with van der Waals surface area (Å²) in [6.45, 7) is 3.85. The van der Waals surface area contributed by atoms with Crippen LogP contribution in [0.25, 0.3) is 22.6 Å². The predicted molar refractivity (Wildman–Crippen MR) is 155 cm³/mol. The number of carbonyl (C=O) groups is 2. The molecule has 1 saturated heterocycles. The summed E-state index contributed by atoms with van der Waals surface area (Å²) in [5, 5.41) is 0.686. The van der Waals surface area contributed by atoms with Crippen molar-refractivity contribution in [3.05, 3.63) is 70.9 Å². The van der Waals surface area contributed by atoms with Crippen molar-refractivity contribution in [2.24, 2.45) is 5.92 Å². The SMILES string of the molecule is CCN(C(=O)COC(=O)c1c2c(nc3ccccc13)/C(=C/c1ccc(OC)cc1)C[C@@H](C)C2)[C@H]1CCS(=O)(=O)C1. The number of fused-ring (bicyclic) bond motifs is 2. The summed E-state index contributed by atoms with van der Waals surface area (Å²) in [7, 11) is -1.52. The number of hydrogen-bond acceptors (Lipinski definition) is 7. The molecule has 5 rings (SSSR count). The average Bonchev–Trinajstić information content (AvgIpc) is 3.30. The molecule has 9 heteroatoms. The first kappa shape index (κ1) is 27.8. The van der Waals surface area contributed by atoms with Crippen LogP contribution in [0.2, 0.25) is 0 Å². The third kappa shape index (κ3) is 5.75. The number of carbonyl (C=O) groups excluding carboxylic acids is 2. The Balaban J connectivity index is 1.47. The first-order valence-electron chi connectivity index (χ1n) is 13.6. The van der Waals surface area contributed by atoms with E-state index in [4.69, 9.17) is 14.5 Å². The standard InChI is InChI=1S/C31H34N2O6S/c1-4-33(23-13-14-40(36,37)19-23)28(34)18-39-31(35)29-25-7-5-6-8-27(25)32-30-22(15-20(2)16-26(29)30)17-21-9-11-24(38-3)12-10-21/h5-12,17,20,23H,4,13-16,18-19H2,1-3H3/b22-17+/t20-,23+/m1/s1. The number of likely N-dealkylation sites (N-methyl/N-ethyl adjacent to an activating group) is 1. The van der Waals surface area contributed by atoms with Gasteiger partial charge >= 0.3 is 5.97 Å².